The van der Waals surface area contributed by atoms with Crippen LogP contribution >= 0.6 is 0 Å². The maximum Gasteiger partial charge on any atom is 0.255 e. The fourth-order valence-corrected chi connectivity index (χ4v) is 2.77. The van der Waals surface area contributed by atoms with Crippen LogP contribution in [0.4, 0.5) is 0 Å². The van der Waals surface area contributed by atoms with E-state index >= 15 is 0 Å². The van der Waals surface area contributed by atoms with Crippen molar-refractivity contribution in [3.8, 4) is 11.5 Å². The van der Waals surface area contributed by atoms with E-state index in [9.17, 15) is 4.79 Å². The molecule has 0 bridgehead atoms. The predicted molar refractivity (Wildman–Crippen MR) is 78.4 cm³/mol. The number of methoxy groups -OCH3 is 2. The summed E-state index contributed by atoms with van der Waals surface area (Å²) in [6.07, 6.45) is 4.68. The third kappa shape index (κ3) is 3.24. The lowest BCUT2D eigenvalue weighted by molar-refractivity contribution is 0.0907. The van der Waals surface area contributed by atoms with Gasteiger partial charge in [0.15, 0.2) is 0 Å². The van der Waals surface area contributed by atoms with Gasteiger partial charge in [-0.15, -0.1) is 0 Å². The molecule has 1 saturated carbocycles. The Morgan fingerprint density at radius 2 is 1.95 bits per heavy atom. The highest BCUT2D eigenvalue weighted by atomic mass is 16.5. The highest BCUT2D eigenvalue weighted by Crippen LogP contribution is 2.27. The van der Waals surface area contributed by atoms with Gasteiger partial charge in [-0.25, -0.2) is 0 Å². The summed E-state index contributed by atoms with van der Waals surface area (Å²) in [5.41, 5.74) is 0.532. The third-order valence-corrected chi connectivity index (χ3v) is 4.08. The fourth-order valence-electron chi connectivity index (χ4n) is 2.77. The van der Waals surface area contributed by atoms with Gasteiger partial charge in [0.1, 0.15) is 11.5 Å². The first-order valence-electron chi connectivity index (χ1n) is 7.18. The molecule has 1 fully saturated rings. The highest BCUT2D eigenvalue weighted by Gasteiger charge is 2.24. The summed E-state index contributed by atoms with van der Waals surface area (Å²) in [6.45, 7) is 2.20. The largest absolute Gasteiger partial charge is 0.497 e. The van der Waals surface area contributed by atoms with Crippen LogP contribution in [0.2, 0.25) is 0 Å². The van der Waals surface area contributed by atoms with E-state index in [1.54, 1.807) is 32.4 Å². The number of carbonyl (C=O) groups excluding carboxylic acids is 1. The lowest BCUT2D eigenvalue weighted by Gasteiger charge is -2.29. The van der Waals surface area contributed by atoms with Crippen LogP contribution in [0.25, 0.3) is 0 Å². The smallest absolute Gasteiger partial charge is 0.255 e. The zero-order valence-corrected chi connectivity index (χ0v) is 12.4. The van der Waals surface area contributed by atoms with Gasteiger partial charge >= 0.3 is 0 Å². The van der Waals surface area contributed by atoms with Crippen molar-refractivity contribution in [3.05, 3.63) is 23.8 Å². The van der Waals surface area contributed by atoms with E-state index in [1.165, 1.54) is 19.3 Å². The number of ether oxygens (including phenoxy) is 2. The van der Waals surface area contributed by atoms with Crippen molar-refractivity contribution in [2.75, 3.05) is 14.2 Å². The summed E-state index contributed by atoms with van der Waals surface area (Å²) in [5, 5.41) is 3.14. The quantitative estimate of drug-likeness (QED) is 0.920. The predicted octanol–water partition coefficient (Wildman–Crippen LogP) is 3.01. The standard InChI is InChI=1S/C16H23NO3/c1-11-6-4-5-7-14(11)17-16(18)13-10-12(19-2)8-9-15(13)20-3/h8-11,14H,4-7H2,1-3H3,(H,17,18). The van der Waals surface area contributed by atoms with Crippen LogP contribution in [0.3, 0.4) is 0 Å². The van der Waals surface area contributed by atoms with Gasteiger partial charge in [0.25, 0.3) is 5.91 Å². The van der Waals surface area contributed by atoms with E-state index in [0.29, 0.717) is 23.0 Å². The van der Waals surface area contributed by atoms with Crippen molar-refractivity contribution in [2.45, 2.75) is 38.6 Å². The van der Waals surface area contributed by atoms with Crippen LogP contribution in [-0.2, 0) is 0 Å². The molecule has 1 amide bonds. The van der Waals surface area contributed by atoms with Gasteiger partial charge in [0.05, 0.1) is 19.8 Å². The molecule has 4 heteroatoms. The Hall–Kier alpha value is -1.71. The van der Waals surface area contributed by atoms with Gasteiger partial charge < -0.3 is 14.8 Å². The molecule has 1 aliphatic carbocycles. The Morgan fingerprint density at radius 3 is 2.60 bits per heavy atom. The van der Waals surface area contributed by atoms with Crippen molar-refractivity contribution in [2.24, 2.45) is 5.92 Å². The number of hydrogen-bond acceptors (Lipinski definition) is 3. The van der Waals surface area contributed by atoms with Crippen LogP contribution in [0.15, 0.2) is 18.2 Å². The van der Waals surface area contributed by atoms with E-state index in [2.05, 4.69) is 12.2 Å². The second-order valence-electron chi connectivity index (χ2n) is 5.41. The molecule has 0 aromatic heterocycles. The van der Waals surface area contributed by atoms with E-state index < -0.39 is 0 Å². The second kappa shape index (κ2) is 6.64. The SMILES string of the molecule is COc1ccc(OC)c(C(=O)NC2CCCCC2C)c1. The van der Waals surface area contributed by atoms with Crippen molar-refractivity contribution in [1.82, 2.24) is 5.32 Å². The Morgan fingerprint density at radius 1 is 1.20 bits per heavy atom. The lowest BCUT2D eigenvalue weighted by atomic mass is 9.86. The monoisotopic (exact) mass is 277 g/mol. The molecule has 0 spiro atoms. The van der Waals surface area contributed by atoms with Crippen LogP contribution in [-0.4, -0.2) is 26.2 Å². The molecule has 0 aliphatic heterocycles. The maximum absolute atomic E-state index is 12.5. The minimum absolute atomic E-state index is 0.0838. The van der Waals surface area contributed by atoms with E-state index in [-0.39, 0.29) is 11.9 Å². The summed E-state index contributed by atoms with van der Waals surface area (Å²) in [6, 6.07) is 5.53. The molecule has 110 valence electrons. The van der Waals surface area contributed by atoms with Gasteiger partial charge in [0, 0.05) is 6.04 Å². The second-order valence-corrected chi connectivity index (χ2v) is 5.41. The molecular formula is C16H23NO3. The minimum Gasteiger partial charge on any atom is -0.497 e. The van der Waals surface area contributed by atoms with Crippen LogP contribution in [0.1, 0.15) is 43.0 Å². The van der Waals surface area contributed by atoms with Gasteiger partial charge in [-0.3, -0.25) is 4.79 Å². The number of carbonyl (C=O) groups is 1. The highest BCUT2D eigenvalue weighted by molar-refractivity contribution is 5.97. The first kappa shape index (κ1) is 14.7. The average molecular weight is 277 g/mol. The zero-order valence-electron chi connectivity index (χ0n) is 12.4. The number of hydrogen-bond donors (Lipinski definition) is 1. The molecule has 20 heavy (non-hydrogen) atoms. The topological polar surface area (TPSA) is 47.6 Å². The van der Waals surface area contributed by atoms with Crippen LogP contribution < -0.4 is 14.8 Å². The minimum atomic E-state index is -0.0838. The normalized spacial score (nSPS) is 22.1. The van der Waals surface area contributed by atoms with Gasteiger partial charge in [-0.05, 0) is 37.0 Å². The Kier molecular flexibility index (Phi) is 4.88. The van der Waals surface area contributed by atoms with Crippen molar-refractivity contribution < 1.29 is 14.3 Å². The molecule has 1 aromatic rings. The molecule has 2 atom stereocenters. The molecule has 4 nitrogen and oxygen atoms in total. The molecule has 1 aliphatic rings. The van der Waals surface area contributed by atoms with Crippen LogP contribution in [0, 0.1) is 5.92 Å². The summed E-state index contributed by atoms with van der Waals surface area (Å²) in [5.74, 6) is 1.68. The average Bonchev–Trinajstić information content (AvgIpc) is 2.48. The summed E-state index contributed by atoms with van der Waals surface area (Å²) in [4.78, 5) is 12.5. The number of benzene rings is 1. The number of rotatable bonds is 4. The van der Waals surface area contributed by atoms with Crippen molar-refractivity contribution in [3.63, 3.8) is 0 Å². The first-order chi connectivity index (χ1) is 9.65. The van der Waals surface area contributed by atoms with E-state index in [0.717, 1.165) is 6.42 Å². The summed E-state index contributed by atoms with van der Waals surface area (Å²) < 4.78 is 10.4. The molecule has 1 N–H and O–H groups in total. The van der Waals surface area contributed by atoms with Crippen LogP contribution in [0.5, 0.6) is 11.5 Å². The van der Waals surface area contributed by atoms with E-state index in [4.69, 9.17) is 9.47 Å². The van der Waals surface area contributed by atoms with Gasteiger partial charge in [-0.2, -0.15) is 0 Å². The lowest BCUT2D eigenvalue weighted by Crippen LogP contribution is -2.41. The molecule has 0 saturated heterocycles. The van der Waals surface area contributed by atoms with Gasteiger partial charge in [-0.1, -0.05) is 19.8 Å². The third-order valence-electron chi connectivity index (χ3n) is 4.08. The van der Waals surface area contributed by atoms with Crippen molar-refractivity contribution in [1.29, 1.82) is 0 Å². The molecule has 2 rings (SSSR count). The molecule has 1 aromatic carbocycles. The first-order valence-corrected chi connectivity index (χ1v) is 7.18. The van der Waals surface area contributed by atoms with Crippen molar-refractivity contribution >= 4 is 5.91 Å². The molecule has 0 radical (unpaired) electrons. The number of nitrogens with one attached hydrogen (secondary N) is 1. The summed E-state index contributed by atoms with van der Waals surface area (Å²) >= 11 is 0. The van der Waals surface area contributed by atoms with E-state index in [1.807, 2.05) is 0 Å². The fraction of sp³-hybridized carbons (Fsp3) is 0.562. The zero-order chi connectivity index (χ0) is 14.5. The molecule has 0 heterocycles. The Balaban J connectivity index is 2.15. The summed E-state index contributed by atoms with van der Waals surface area (Å²) in [7, 11) is 3.16. The maximum atomic E-state index is 12.5. The number of amides is 1. The Labute approximate surface area is 120 Å². The van der Waals surface area contributed by atoms with Gasteiger partial charge in [0.2, 0.25) is 0 Å². The molecule has 2 unspecified atom stereocenters. The molecular weight excluding hydrogens is 254 g/mol. The Bertz CT molecular complexity index is 473.